The number of hydrogen-bond donors (Lipinski definition) is 3. The van der Waals surface area contributed by atoms with Gasteiger partial charge in [-0.2, -0.15) is 0 Å². The van der Waals surface area contributed by atoms with Crippen molar-refractivity contribution >= 4 is 34.6 Å². The fourth-order valence-electron chi connectivity index (χ4n) is 3.69. The number of phenols is 1. The number of carbonyl (C=O) groups excluding carboxylic acids is 3. The lowest BCUT2D eigenvalue weighted by Gasteiger charge is -2.06. The summed E-state index contributed by atoms with van der Waals surface area (Å²) in [6, 6.07) is 27.7. The van der Waals surface area contributed by atoms with Crippen LogP contribution in [0.5, 0.6) is 11.5 Å². The van der Waals surface area contributed by atoms with Crippen molar-refractivity contribution in [3.63, 3.8) is 0 Å². The van der Waals surface area contributed by atoms with Gasteiger partial charge in [-0.05, 0) is 30.3 Å². The zero-order valence-electron chi connectivity index (χ0n) is 21.2. The highest BCUT2D eigenvalue weighted by Gasteiger charge is 2.14. The highest BCUT2D eigenvalue weighted by molar-refractivity contribution is 6.11. The summed E-state index contributed by atoms with van der Waals surface area (Å²) in [5.41, 5.74) is 3.30. The van der Waals surface area contributed by atoms with Crippen molar-refractivity contribution in [2.24, 2.45) is 0 Å². The summed E-state index contributed by atoms with van der Waals surface area (Å²) < 4.78 is 9.47. The highest BCUT2D eigenvalue weighted by atomic mass is 16.5. The number of fused-ring (bicyclic) bond motifs is 1. The molecule has 196 valence electrons. The average Bonchev–Trinajstić information content (AvgIpc) is 3.39. The van der Waals surface area contributed by atoms with Crippen molar-refractivity contribution in [1.82, 2.24) is 9.97 Å². The van der Waals surface area contributed by atoms with E-state index in [0.717, 1.165) is 0 Å². The van der Waals surface area contributed by atoms with Crippen LogP contribution in [0.4, 0.5) is 10.7 Å². The van der Waals surface area contributed by atoms with Gasteiger partial charge in [0.1, 0.15) is 11.5 Å². The summed E-state index contributed by atoms with van der Waals surface area (Å²) in [6.07, 6.45) is -0.611. The Hall–Kier alpha value is -5.44. The standard InChI is InChI=1S/C16H13N3O3.C14H12O3/c1-22-16(21)19-15-17-12-8-7-11(9-13(12)18-15)14(20)10-5-3-2-4-6-10;1-17-11-7-8-12(13(15)9-11)14(16)10-5-3-2-4-6-10/h2-9H,1H3,(H2,17,18,19,21);2-9,15H,1H3. The molecule has 0 aliphatic rings. The van der Waals surface area contributed by atoms with E-state index < -0.39 is 6.09 Å². The first-order valence-electron chi connectivity index (χ1n) is 11.8. The van der Waals surface area contributed by atoms with Crippen molar-refractivity contribution in [1.29, 1.82) is 0 Å². The van der Waals surface area contributed by atoms with Crippen LogP contribution in [0.2, 0.25) is 0 Å². The van der Waals surface area contributed by atoms with Gasteiger partial charge in [0.25, 0.3) is 0 Å². The van der Waals surface area contributed by atoms with Crippen molar-refractivity contribution in [3.8, 4) is 11.5 Å². The molecule has 9 nitrogen and oxygen atoms in total. The van der Waals surface area contributed by atoms with Gasteiger partial charge in [-0.1, -0.05) is 60.7 Å². The van der Waals surface area contributed by atoms with E-state index in [4.69, 9.17) is 4.74 Å². The van der Waals surface area contributed by atoms with E-state index in [1.54, 1.807) is 66.7 Å². The summed E-state index contributed by atoms with van der Waals surface area (Å²) in [4.78, 5) is 42.8. The maximum atomic E-state index is 12.4. The number of imidazole rings is 1. The minimum Gasteiger partial charge on any atom is -0.507 e. The average molecular weight is 524 g/mol. The number of rotatable bonds is 6. The monoisotopic (exact) mass is 523 g/mol. The molecule has 5 aromatic rings. The summed E-state index contributed by atoms with van der Waals surface area (Å²) >= 11 is 0. The van der Waals surface area contributed by atoms with Crippen LogP contribution in [0, 0.1) is 0 Å². The van der Waals surface area contributed by atoms with Gasteiger partial charge in [-0.25, -0.2) is 9.78 Å². The third-order valence-electron chi connectivity index (χ3n) is 5.67. The van der Waals surface area contributed by atoms with Gasteiger partial charge >= 0.3 is 6.09 Å². The van der Waals surface area contributed by atoms with Crippen molar-refractivity contribution in [2.75, 3.05) is 19.5 Å². The van der Waals surface area contributed by atoms with Gasteiger partial charge in [-0.3, -0.25) is 14.9 Å². The van der Waals surface area contributed by atoms with E-state index in [1.807, 2.05) is 24.3 Å². The number of nitrogens with one attached hydrogen (secondary N) is 2. The molecule has 39 heavy (non-hydrogen) atoms. The SMILES string of the molecule is COC(=O)Nc1nc2ccc(C(=O)c3ccccc3)cc2[nH]1.COc1ccc(C(=O)c2ccccc2)c(O)c1. The molecule has 0 aliphatic heterocycles. The van der Waals surface area contributed by atoms with Crippen LogP contribution in [0.15, 0.2) is 97.1 Å². The lowest BCUT2D eigenvalue weighted by atomic mass is 10.0. The zero-order valence-corrected chi connectivity index (χ0v) is 21.2. The summed E-state index contributed by atoms with van der Waals surface area (Å²) in [5.74, 6) is 0.446. The summed E-state index contributed by atoms with van der Waals surface area (Å²) in [6.45, 7) is 0. The van der Waals surface area contributed by atoms with Crippen LogP contribution in [-0.2, 0) is 4.74 Å². The Morgan fingerprint density at radius 2 is 1.41 bits per heavy atom. The van der Waals surface area contributed by atoms with Crippen molar-refractivity contribution in [2.45, 2.75) is 0 Å². The molecule has 0 saturated carbocycles. The number of aromatic amines is 1. The number of ketones is 2. The van der Waals surface area contributed by atoms with Gasteiger partial charge in [0.15, 0.2) is 11.6 Å². The number of H-pyrrole nitrogens is 1. The Labute approximate surface area is 224 Å². The quantitative estimate of drug-likeness (QED) is 0.247. The second kappa shape index (κ2) is 12.2. The first-order valence-corrected chi connectivity index (χ1v) is 11.8. The largest absolute Gasteiger partial charge is 0.507 e. The number of ether oxygens (including phenoxy) is 2. The van der Waals surface area contributed by atoms with Crippen LogP contribution in [0.1, 0.15) is 31.8 Å². The lowest BCUT2D eigenvalue weighted by Crippen LogP contribution is -2.11. The fraction of sp³-hybridized carbons (Fsp3) is 0.0667. The number of anilines is 1. The van der Waals surface area contributed by atoms with E-state index in [-0.39, 0.29) is 28.8 Å². The zero-order chi connectivity index (χ0) is 27.8. The second-order valence-electron chi connectivity index (χ2n) is 8.21. The lowest BCUT2D eigenvalue weighted by molar-refractivity contribution is 0.102. The molecule has 0 radical (unpaired) electrons. The Kier molecular flexibility index (Phi) is 8.33. The third kappa shape index (κ3) is 6.47. The number of benzene rings is 4. The number of aromatic hydroxyl groups is 1. The maximum Gasteiger partial charge on any atom is 0.413 e. The van der Waals surface area contributed by atoms with Gasteiger partial charge in [0, 0.05) is 22.8 Å². The minimum absolute atomic E-state index is 0.0698. The molecule has 3 N–H and O–H groups in total. The molecule has 4 aromatic carbocycles. The smallest absolute Gasteiger partial charge is 0.413 e. The molecular weight excluding hydrogens is 498 g/mol. The topological polar surface area (TPSA) is 131 Å². The minimum atomic E-state index is -0.611. The molecule has 1 aromatic heterocycles. The molecule has 5 rings (SSSR count). The molecule has 0 spiro atoms. The molecule has 0 unspecified atom stereocenters. The number of methoxy groups -OCH3 is 2. The highest BCUT2D eigenvalue weighted by Crippen LogP contribution is 2.25. The first kappa shape index (κ1) is 26.6. The molecule has 0 saturated heterocycles. The molecule has 9 heteroatoms. The molecule has 1 heterocycles. The number of hydrogen-bond acceptors (Lipinski definition) is 7. The number of amides is 1. The predicted octanol–water partition coefficient (Wildman–Crippen LogP) is 5.60. The van der Waals surface area contributed by atoms with Crippen LogP contribution >= 0.6 is 0 Å². The molecular formula is C30H25N3O6. The van der Waals surface area contributed by atoms with Gasteiger partial charge in [0.2, 0.25) is 5.95 Å². The summed E-state index contributed by atoms with van der Waals surface area (Å²) in [7, 11) is 2.78. The fourth-order valence-corrected chi connectivity index (χ4v) is 3.69. The van der Waals surface area contributed by atoms with Crippen LogP contribution in [0.3, 0.4) is 0 Å². The van der Waals surface area contributed by atoms with Gasteiger partial charge < -0.3 is 19.6 Å². The second-order valence-corrected chi connectivity index (χ2v) is 8.21. The normalized spacial score (nSPS) is 10.2. The molecule has 0 fully saturated rings. The van der Waals surface area contributed by atoms with Crippen LogP contribution < -0.4 is 10.1 Å². The Balaban J connectivity index is 0.000000187. The Morgan fingerprint density at radius 1 is 0.769 bits per heavy atom. The number of nitrogens with zero attached hydrogens (tertiary/aromatic N) is 1. The summed E-state index contributed by atoms with van der Waals surface area (Å²) in [5, 5.41) is 12.2. The Bertz CT molecular complexity index is 1610. The van der Waals surface area contributed by atoms with Crippen LogP contribution in [0.25, 0.3) is 11.0 Å². The van der Waals surface area contributed by atoms with Crippen molar-refractivity contribution in [3.05, 3.63) is 119 Å². The maximum absolute atomic E-state index is 12.4. The predicted molar refractivity (Wildman–Crippen MR) is 147 cm³/mol. The van der Waals surface area contributed by atoms with E-state index in [2.05, 4.69) is 20.0 Å². The third-order valence-corrected chi connectivity index (χ3v) is 5.67. The van der Waals surface area contributed by atoms with Crippen molar-refractivity contribution < 1.29 is 29.0 Å². The van der Waals surface area contributed by atoms with Crippen LogP contribution in [-0.4, -0.2) is 47.0 Å². The van der Waals surface area contributed by atoms with E-state index in [1.165, 1.54) is 20.3 Å². The van der Waals surface area contributed by atoms with E-state index in [9.17, 15) is 19.5 Å². The first-order chi connectivity index (χ1) is 18.9. The number of phenolic OH excluding ortho intramolecular Hbond substituents is 1. The Morgan fingerprint density at radius 3 is 2.00 bits per heavy atom. The molecule has 0 aliphatic carbocycles. The van der Waals surface area contributed by atoms with Gasteiger partial charge in [-0.15, -0.1) is 0 Å². The number of carbonyl (C=O) groups is 3. The molecule has 0 bridgehead atoms. The number of aromatic nitrogens is 2. The molecule has 1 amide bonds. The van der Waals surface area contributed by atoms with E-state index >= 15 is 0 Å². The van der Waals surface area contributed by atoms with Gasteiger partial charge in [0.05, 0.1) is 30.8 Å². The molecule has 0 atom stereocenters. The van der Waals surface area contributed by atoms with E-state index in [0.29, 0.717) is 33.5 Å².